The average molecular weight is 251 g/mol. The highest BCUT2D eigenvalue weighted by Crippen LogP contribution is 2.04. The van der Waals surface area contributed by atoms with Gasteiger partial charge < -0.3 is 16.2 Å². The Kier molecular flexibility index (Phi) is 5.10. The fourth-order valence-electron chi connectivity index (χ4n) is 1.44. The number of rotatable bonds is 6. The standard InChI is InChI=1S/C12H17N3O3/c1-2-3-4-10(12(17)18)15-11(16)9-6-5-8(13)7-14-9/h5-7,10H,2-4,13H2,1H3,(H,15,16)(H,17,18)/t10-/m0/s1. The van der Waals surface area contributed by atoms with Crippen molar-refractivity contribution in [1.29, 1.82) is 0 Å². The summed E-state index contributed by atoms with van der Waals surface area (Å²) >= 11 is 0. The molecule has 4 N–H and O–H groups in total. The van der Waals surface area contributed by atoms with E-state index in [1.165, 1.54) is 12.3 Å². The number of carboxylic acids is 1. The molecule has 1 atom stereocenters. The number of carboxylic acid groups (broad SMARTS) is 1. The largest absolute Gasteiger partial charge is 0.480 e. The van der Waals surface area contributed by atoms with Crippen molar-refractivity contribution < 1.29 is 14.7 Å². The molecule has 1 aromatic heterocycles. The topological polar surface area (TPSA) is 105 Å². The van der Waals surface area contributed by atoms with Gasteiger partial charge in [-0.25, -0.2) is 9.78 Å². The van der Waals surface area contributed by atoms with Crippen molar-refractivity contribution in [3.63, 3.8) is 0 Å². The summed E-state index contributed by atoms with van der Waals surface area (Å²) in [7, 11) is 0. The van der Waals surface area contributed by atoms with Crippen LogP contribution in [0.4, 0.5) is 5.69 Å². The molecule has 0 fully saturated rings. The zero-order valence-corrected chi connectivity index (χ0v) is 10.2. The second kappa shape index (κ2) is 6.58. The number of carbonyl (C=O) groups excluding carboxylic acids is 1. The average Bonchev–Trinajstić information content (AvgIpc) is 2.34. The Morgan fingerprint density at radius 3 is 2.72 bits per heavy atom. The fraction of sp³-hybridized carbons (Fsp3) is 0.417. The van der Waals surface area contributed by atoms with E-state index >= 15 is 0 Å². The Morgan fingerprint density at radius 2 is 2.22 bits per heavy atom. The quantitative estimate of drug-likeness (QED) is 0.700. The molecule has 98 valence electrons. The third-order valence-corrected chi connectivity index (χ3v) is 2.47. The predicted octanol–water partition coefficient (Wildman–Crippen LogP) is 1.04. The lowest BCUT2D eigenvalue weighted by Gasteiger charge is -2.13. The molecule has 0 aliphatic heterocycles. The molecular weight excluding hydrogens is 234 g/mol. The number of aromatic nitrogens is 1. The van der Waals surface area contributed by atoms with Crippen LogP contribution in [0.1, 0.15) is 36.7 Å². The van der Waals surface area contributed by atoms with Crippen molar-refractivity contribution in [2.75, 3.05) is 5.73 Å². The molecule has 1 amide bonds. The second-order valence-electron chi connectivity index (χ2n) is 3.98. The maximum atomic E-state index is 11.8. The minimum Gasteiger partial charge on any atom is -0.480 e. The van der Waals surface area contributed by atoms with Gasteiger partial charge >= 0.3 is 5.97 Å². The molecule has 1 rings (SSSR count). The predicted molar refractivity (Wildman–Crippen MR) is 67.1 cm³/mol. The number of anilines is 1. The van der Waals surface area contributed by atoms with Gasteiger partial charge in [0, 0.05) is 0 Å². The van der Waals surface area contributed by atoms with E-state index in [2.05, 4.69) is 10.3 Å². The monoisotopic (exact) mass is 251 g/mol. The van der Waals surface area contributed by atoms with E-state index in [4.69, 9.17) is 10.8 Å². The SMILES string of the molecule is CCCC[C@H](NC(=O)c1ccc(N)cn1)C(=O)O. The van der Waals surface area contributed by atoms with Gasteiger partial charge in [0.1, 0.15) is 11.7 Å². The summed E-state index contributed by atoms with van der Waals surface area (Å²) < 4.78 is 0. The van der Waals surface area contributed by atoms with Crippen LogP contribution in [0.3, 0.4) is 0 Å². The molecule has 6 nitrogen and oxygen atoms in total. The second-order valence-corrected chi connectivity index (χ2v) is 3.98. The lowest BCUT2D eigenvalue weighted by Crippen LogP contribution is -2.41. The first-order valence-electron chi connectivity index (χ1n) is 5.79. The van der Waals surface area contributed by atoms with Gasteiger partial charge in [-0.3, -0.25) is 4.79 Å². The van der Waals surface area contributed by atoms with Gasteiger partial charge in [-0.05, 0) is 18.6 Å². The van der Waals surface area contributed by atoms with E-state index in [0.29, 0.717) is 12.1 Å². The molecule has 0 saturated carbocycles. The highest BCUT2D eigenvalue weighted by atomic mass is 16.4. The van der Waals surface area contributed by atoms with Crippen molar-refractivity contribution in [2.45, 2.75) is 32.2 Å². The summed E-state index contributed by atoms with van der Waals surface area (Å²) in [6.07, 6.45) is 3.38. The normalized spacial score (nSPS) is 11.8. The molecule has 0 saturated heterocycles. The van der Waals surface area contributed by atoms with Crippen molar-refractivity contribution >= 4 is 17.6 Å². The lowest BCUT2D eigenvalue weighted by atomic mass is 10.1. The Bertz CT molecular complexity index is 417. The van der Waals surface area contributed by atoms with Crippen molar-refractivity contribution in [1.82, 2.24) is 10.3 Å². The van der Waals surface area contributed by atoms with Crippen molar-refractivity contribution in [3.8, 4) is 0 Å². The van der Waals surface area contributed by atoms with Gasteiger partial charge in [0.2, 0.25) is 0 Å². The summed E-state index contributed by atoms with van der Waals surface area (Å²) in [5.74, 6) is -1.54. The Hall–Kier alpha value is -2.11. The van der Waals surface area contributed by atoms with Gasteiger partial charge in [0.05, 0.1) is 11.9 Å². The van der Waals surface area contributed by atoms with E-state index in [1.807, 2.05) is 6.92 Å². The molecule has 1 heterocycles. The fourth-order valence-corrected chi connectivity index (χ4v) is 1.44. The molecule has 0 aliphatic carbocycles. The molecule has 0 spiro atoms. The number of hydrogen-bond acceptors (Lipinski definition) is 4. The van der Waals surface area contributed by atoms with Gasteiger partial charge in [0.25, 0.3) is 5.91 Å². The van der Waals surface area contributed by atoms with Crippen LogP contribution >= 0.6 is 0 Å². The number of nitrogen functional groups attached to an aromatic ring is 1. The summed E-state index contributed by atoms with van der Waals surface area (Å²) in [5, 5.41) is 11.4. The number of carbonyl (C=O) groups is 2. The third kappa shape index (κ3) is 4.04. The Balaban J connectivity index is 2.66. The van der Waals surface area contributed by atoms with Crippen molar-refractivity contribution in [2.24, 2.45) is 0 Å². The van der Waals surface area contributed by atoms with Crippen LogP contribution in [0.5, 0.6) is 0 Å². The molecule has 1 aromatic rings. The van der Waals surface area contributed by atoms with Crippen LogP contribution in [-0.4, -0.2) is 28.0 Å². The number of nitrogens with one attached hydrogen (secondary N) is 1. The van der Waals surface area contributed by atoms with Crippen LogP contribution in [-0.2, 0) is 4.79 Å². The number of unbranched alkanes of at least 4 members (excludes halogenated alkanes) is 1. The van der Waals surface area contributed by atoms with Crippen LogP contribution in [0.25, 0.3) is 0 Å². The molecule has 0 aliphatic rings. The van der Waals surface area contributed by atoms with Gasteiger partial charge in [-0.15, -0.1) is 0 Å². The Labute approximate surface area is 105 Å². The van der Waals surface area contributed by atoms with E-state index < -0.39 is 17.9 Å². The summed E-state index contributed by atoms with van der Waals surface area (Å²) in [5.41, 5.74) is 6.06. The highest BCUT2D eigenvalue weighted by molar-refractivity contribution is 5.95. The first-order chi connectivity index (χ1) is 8.54. The molecule has 6 heteroatoms. The minimum absolute atomic E-state index is 0.159. The number of pyridine rings is 1. The van der Waals surface area contributed by atoms with E-state index in [0.717, 1.165) is 12.8 Å². The van der Waals surface area contributed by atoms with Crippen molar-refractivity contribution in [3.05, 3.63) is 24.0 Å². The number of nitrogens with zero attached hydrogens (tertiary/aromatic N) is 1. The van der Waals surface area contributed by atoms with Crippen LogP contribution < -0.4 is 11.1 Å². The van der Waals surface area contributed by atoms with E-state index in [1.54, 1.807) is 6.07 Å². The molecule has 0 unspecified atom stereocenters. The molecule has 0 aromatic carbocycles. The van der Waals surface area contributed by atoms with Gasteiger partial charge in [-0.2, -0.15) is 0 Å². The zero-order chi connectivity index (χ0) is 13.5. The minimum atomic E-state index is -1.03. The lowest BCUT2D eigenvalue weighted by molar-refractivity contribution is -0.139. The van der Waals surface area contributed by atoms with Gasteiger partial charge in [0.15, 0.2) is 0 Å². The summed E-state index contributed by atoms with van der Waals surface area (Å²) in [4.78, 5) is 26.6. The number of aliphatic carboxylic acids is 1. The number of nitrogens with two attached hydrogens (primary N) is 1. The van der Waals surface area contributed by atoms with E-state index in [9.17, 15) is 9.59 Å². The van der Waals surface area contributed by atoms with Crippen LogP contribution in [0.2, 0.25) is 0 Å². The smallest absolute Gasteiger partial charge is 0.326 e. The first-order valence-corrected chi connectivity index (χ1v) is 5.79. The summed E-state index contributed by atoms with van der Waals surface area (Å²) in [6, 6.07) is 2.13. The number of amides is 1. The van der Waals surface area contributed by atoms with Crippen LogP contribution in [0, 0.1) is 0 Å². The highest BCUT2D eigenvalue weighted by Gasteiger charge is 2.20. The summed E-state index contributed by atoms with van der Waals surface area (Å²) in [6.45, 7) is 1.96. The maximum absolute atomic E-state index is 11.8. The molecule has 0 radical (unpaired) electrons. The molecule has 0 bridgehead atoms. The zero-order valence-electron chi connectivity index (χ0n) is 10.2. The number of hydrogen-bond donors (Lipinski definition) is 3. The van der Waals surface area contributed by atoms with Gasteiger partial charge in [-0.1, -0.05) is 19.8 Å². The third-order valence-electron chi connectivity index (χ3n) is 2.47. The first kappa shape index (κ1) is 14.0. The Morgan fingerprint density at radius 1 is 1.50 bits per heavy atom. The molecule has 18 heavy (non-hydrogen) atoms. The van der Waals surface area contributed by atoms with Crippen LogP contribution in [0.15, 0.2) is 18.3 Å². The van der Waals surface area contributed by atoms with E-state index in [-0.39, 0.29) is 5.69 Å². The molecular formula is C12H17N3O3. The maximum Gasteiger partial charge on any atom is 0.326 e.